The van der Waals surface area contributed by atoms with Crippen LogP contribution in [0.4, 0.5) is 0 Å². The Bertz CT molecular complexity index is 428. The predicted molar refractivity (Wildman–Crippen MR) is 78.7 cm³/mol. The fourth-order valence-electron chi connectivity index (χ4n) is 2.29. The quantitative estimate of drug-likeness (QED) is 0.698. The van der Waals surface area contributed by atoms with Crippen LogP contribution >= 0.6 is 0 Å². The molecule has 0 aliphatic carbocycles. The highest BCUT2D eigenvalue weighted by Crippen LogP contribution is 2.33. The van der Waals surface area contributed by atoms with E-state index in [1.165, 1.54) is 0 Å². The van der Waals surface area contributed by atoms with Crippen LogP contribution in [0.5, 0.6) is 11.5 Å². The van der Waals surface area contributed by atoms with Gasteiger partial charge in [0.15, 0.2) is 0 Å². The summed E-state index contributed by atoms with van der Waals surface area (Å²) >= 11 is 0. The van der Waals surface area contributed by atoms with Crippen LogP contribution in [0.1, 0.15) is 50.5 Å². The van der Waals surface area contributed by atoms with Gasteiger partial charge in [0.2, 0.25) is 0 Å². The molecule has 4 heteroatoms. The molecule has 0 aliphatic rings. The van der Waals surface area contributed by atoms with E-state index in [0.717, 1.165) is 31.2 Å². The van der Waals surface area contributed by atoms with Crippen LogP contribution in [0, 0.1) is 0 Å². The third kappa shape index (κ3) is 4.44. The Labute approximate surface area is 120 Å². The number of hydrogen-bond acceptors (Lipinski definition) is 3. The summed E-state index contributed by atoms with van der Waals surface area (Å²) in [4.78, 5) is 11.5. The molecule has 0 spiro atoms. The summed E-state index contributed by atoms with van der Waals surface area (Å²) in [5.41, 5.74) is 0.720. The molecule has 1 rings (SSSR count). The summed E-state index contributed by atoms with van der Waals surface area (Å²) in [6, 6.07) is 5.30. The number of methoxy groups -OCH3 is 2. The highest BCUT2D eigenvalue weighted by Gasteiger charge is 2.23. The fourth-order valence-corrected chi connectivity index (χ4v) is 2.29. The standard InChI is InChI=1S/C16H24O4/c1-4-5-6-7-8-14(16(17)18)13-10-9-12(19-2)11-15(13)20-3/h9-11,14H,4-8H2,1-3H3,(H,17,18). The molecule has 0 aliphatic heterocycles. The molecule has 4 nitrogen and oxygen atoms in total. The van der Waals surface area contributed by atoms with Crippen molar-refractivity contribution in [2.45, 2.75) is 44.9 Å². The van der Waals surface area contributed by atoms with Crippen LogP contribution in [0.2, 0.25) is 0 Å². The Hall–Kier alpha value is -1.71. The highest BCUT2D eigenvalue weighted by molar-refractivity contribution is 5.77. The maximum atomic E-state index is 11.5. The zero-order chi connectivity index (χ0) is 15.0. The molecule has 1 N–H and O–H groups in total. The summed E-state index contributed by atoms with van der Waals surface area (Å²) in [5, 5.41) is 9.44. The van der Waals surface area contributed by atoms with E-state index in [4.69, 9.17) is 9.47 Å². The lowest BCUT2D eigenvalue weighted by Gasteiger charge is -2.17. The number of carboxylic acid groups (broad SMARTS) is 1. The second kappa shape index (κ2) is 8.46. The molecular formula is C16H24O4. The number of ether oxygens (including phenoxy) is 2. The molecule has 1 aromatic carbocycles. The lowest BCUT2D eigenvalue weighted by Crippen LogP contribution is -2.13. The molecule has 0 aromatic heterocycles. The molecule has 1 unspecified atom stereocenters. The molecule has 0 fully saturated rings. The number of carbonyl (C=O) groups is 1. The van der Waals surface area contributed by atoms with Crippen molar-refractivity contribution in [3.8, 4) is 11.5 Å². The van der Waals surface area contributed by atoms with Crippen LogP contribution in [0.25, 0.3) is 0 Å². The molecule has 0 saturated carbocycles. The third-order valence-electron chi connectivity index (χ3n) is 3.46. The Morgan fingerprint density at radius 1 is 1.20 bits per heavy atom. The molecule has 112 valence electrons. The topological polar surface area (TPSA) is 55.8 Å². The first-order chi connectivity index (χ1) is 9.63. The minimum Gasteiger partial charge on any atom is -0.497 e. The normalized spacial score (nSPS) is 11.9. The third-order valence-corrected chi connectivity index (χ3v) is 3.46. The average molecular weight is 280 g/mol. The van der Waals surface area contributed by atoms with E-state index in [9.17, 15) is 9.90 Å². The summed E-state index contributed by atoms with van der Waals surface area (Å²) in [6.45, 7) is 2.14. The summed E-state index contributed by atoms with van der Waals surface area (Å²) in [7, 11) is 3.13. The number of rotatable bonds is 9. The molecule has 1 atom stereocenters. The largest absolute Gasteiger partial charge is 0.497 e. The minimum absolute atomic E-state index is 0.521. The van der Waals surface area contributed by atoms with Gasteiger partial charge in [0.05, 0.1) is 20.1 Å². The van der Waals surface area contributed by atoms with Gasteiger partial charge in [0, 0.05) is 11.6 Å². The van der Waals surface area contributed by atoms with Crippen LogP contribution in [0.15, 0.2) is 18.2 Å². The fraction of sp³-hybridized carbons (Fsp3) is 0.562. The van der Waals surface area contributed by atoms with Crippen LogP contribution < -0.4 is 9.47 Å². The van der Waals surface area contributed by atoms with Gasteiger partial charge in [0.1, 0.15) is 11.5 Å². The van der Waals surface area contributed by atoms with E-state index in [0.29, 0.717) is 17.9 Å². The summed E-state index contributed by atoms with van der Waals surface area (Å²) < 4.78 is 10.4. The lowest BCUT2D eigenvalue weighted by molar-refractivity contribution is -0.139. The van der Waals surface area contributed by atoms with Crippen molar-refractivity contribution in [3.63, 3.8) is 0 Å². The zero-order valence-electron chi connectivity index (χ0n) is 12.5. The Morgan fingerprint density at radius 2 is 1.95 bits per heavy atom. The molecule has 0 bridgehead atoms. The molecule has 1 aromatic rings. The van der Waals surface area contributed by atoms with Gasteiger partial charge in [-0.15, -0.1) is 0 Å². The number of unbranched alkanes of at least 4 members (excludes halogenated alkanes) is 3. The molecule has 20 heavy (non-hydrogen) atoms. The van der Waals surface area contributed by atoms with E-state index in [1.807, 2.05) is 0 Å². The second-order valence-corrected chi connectivity index (χ2v) is 4.85. The maximum Gasteiger partial charge on any atom is 0.311 e. The zero-order valence-corrected chi connectivity index (χ0v) is 12.5. The average Bonchev–Trinajstić information content (AvgIpc) is 2.46. The predicted octanol–water partition coefficient (Wildman–Crippen LogP) is 3.84. The van der Waals surface area contributed by atoms with Crippen molar-refractivity contribution in [2.24, 2.45) is 0 Å². The van der Waals surface area contributed by atoms with Crippen molar-refractivity contribution in [1.29, 1.82) is 0 Å². The van der Waals surface area contributed by atoms with Crippen molar-refractivity contribution in [1.82, 2.24) is 0 Å². The summed E-state index contributed by atoms with van der Waals surface area (Å²) in [6.07, 6.45) is 4.91. The van der Waals surface area contributed by atoms with Gasteiger partial charge in [-0.25, -0.2) is 0 Å². The SMILES string of the molecule is CCCCCCC(C(=O)O)c1ccc(OC)cc1OC. The molecule has 0 saturated heterocycles. The van der Waals surface area contributed by atoms with E-state index < -0.39 is 11.9 Å². The van der Waals surface area contributed by atoms with Crippen LogP contribution in [-0.4, -0.2) is 25.3 Å². The van der Waals surface area contributed by atoms with Crippen molar-refractivity contribution >= 4 is 5.97 Å². The summed E-state index contributed by atoms with van der Waals surface area (Å²) in [5.74, 6) is -0.0781. The lowest BCUT2D eigenvalue weighted by atomic mass is 9.92. The van der Waals surface area contributed by atoms with Gasteiger partial charge in [-0.1, -0.05) is 38.7 Å². The number of aliphatic carboxylic acids is 1. The minimum atomic E-state index is -0.801. The Balaban J connectivity index is 2.88. The van der Waals surface area contributed by atoms with E-state index in [-0.39, 0.29) is 0 Å². The van der Waals surface area contributed by atoms with Crippen molar-refractivity contribution in [3.05, 3.63) is 23.8 Å². The smallest absolute Gasteiger partial charge is 0.311 e. The molecule has 0 amide bonds. The Kier molecular flexibility index (Phi) is 6.91. The van der Waals surface area contributed by atoms with Crippen molar-refractivity contribution in [2.75, 3.05) is 14.2 Å². The first-order valence-corrected chi connectivity index (χ1v) is 7.08. The van der Waals surface area contributed by atoms with Gasteiger partial charge in [-0.3, -0.25) is 4.79 Å². The monoisotopic (exact) mass is 280 g/mol. The number of benzene rings is 1. The van der Waals surface area contributed by atoms with Crippen molar-refractivity contribution < 1.29 is 19.4 Å². The number of carboxylic acids is 1. The highest BCUT2D eigenvalue weighted by atomic mass is 16.5. The van der Waals surface area contributed by atoms with E-state index in [1.54, 1.807) is 32.4 Å². The van der Waals surface area contributed by atoms with Gasteiger partial charge in [-0.05, 0) is 12.5 Å². The Morgan fingerprint density at radius 3 is 2.50 bits per heavy atom. The molecular weight excluding hydrogens is 256 g/mol. The van der Waals surface area contributed by atoms with Gasteiger partial charge in [-0.2, -0.15) is 0 Å². The maximum absolute atomic E-state index is 11.5. The van der Waals surface area contributed by atoms with Gasteiger partial charge < -0.3 is 14.6 Å². The van der Waals surface area contributed by atoms with Crippen LogP contribution in [0.3, 0.4) is 0 Å². The first-order valence-electron chi connectivity index (χ1n) is 7.08. The van der Waals surface area contributed by atoms with Gasteiger partial charge in [0.25, 0.3) is 0 Å². The molecule has 0 heterocycles. The first kappa shape index (κ1) is 16.3. The number of hydrogen-bond donors (Lipinski definition) is 1. The van der Waals surface area contributed by atoms with Crippen LogP contribution in [-0.2, 0) is 4.79 Å². The van der Waals surface area contributed by atoms with Gasteiger partial charge >= 0.3 is 5.97 Å². The van der Waals surface area contributed by atoms with E-state index >= 15 is 0 Å². The van der Waals surface area contributed by atoms with E-state index in [2.05, 4.69) is 6.92 Å². The molecule has 0 radical (unpaired) electrons. The second-order valence-electron chi connectivity index (χ2n) is 4.85.